The lowest BCUT2D eigenvalue weighted by Crippen LogP contribution is -2.30. The van der Waals surface area contributed by atoms with Gasteiger partial charge in [0.2, 0.25) is 0 Å². The molecule has 0 aliphatic carbocycles. The summed E-state index contributed by atoms with van der Waals surface area (Å²) in [6, 6.07) is 6.09. The van der Waals surface area contributed by atoms with Gasteiger partial charge >= 0.3 is 0 Å². The van der Waals surface area contributed by atoms with Crippen LogP contribution < -0.4 is 5.32 Å². The van der Waals surface area contributed by atoms with Gasteiger partial charge in [0.25, 0.3) is 0 Å². The average Bonchev–Trinajstić information content (AvgIpc) is 2.68. The molecule has 0 fully saturated rings. The van der Waals surface area contributed by atoms with E-state index >= 15 is 0 Å². The highest BCUT2D eigenvalue weighted by molar-refractivity contribution is 9.10. The van der Waals surface area contributed by atoms with Gasteiger partial charge in [-0.2, -0.15) is 5.10 Å². The van der Waals surface area contributed by atoms with Crippen LogP contribution in [-0.4, -0.2) is 22.9 Å². The minimum atomic E-state index is 0.299. The van der Waals surface area contributed by atoms with E-state index in [2.05, 4.69) is 26.3 Å². The molecule has 1 N–H and O–H groups in total. The lowest BCUT2D eigenvalue weighted by molar-refractivity contribution is 0.532. The summed E-state index contributed by atoms with van der Waals surface area (Å²) in [5.41, 5.74) is 3.36. The monoisotopic (exact) mass is 389 g/mol. The Bertz CT molecular complexity index is 640. The zero-order valence-corrected chi connectivity index (χ0v) is 15.3. The molecule has 1 aromatic carbocycles. The van der Waals surface area contributed by atoms with Crippen molar-refractivity contribution >= 4 is 39.1 Å². The molecule has 1 aromatic heterocycles. The number of likely N-dealkylation sites (N-methyl/N-ethyl adjacent to an activating group) is 1. The van der Waals surface area contributed by atoms with Crippen LogP contribution in [-0.2, 0) is 19.9 Å². The average molecular weight is 391 g/mol. The van der Waals surface area contributed by atoms with Crippen LogP contribution in [0.15, 0.2) is 22.7 Å². The molecule has 1 unspecified atom stereocenters. The lowest BCUT2D eigenvalue weighted by atomic mass is 10.0. The second kappa shape index (κ2) is 7.14. The largest absolute Gasteiger partial charge is 0.316 e. The minimum absolute atomic E-state index is 0.299. The maximum Gasteiger partial charge on any atom is 0.0738 e. The van der Waals surface area contributed by atoms with Crippen molar-refractivity contribution in [2.75, 3.05) is 7.05 Å². The van der Waals surface area contributed by atoms with Crippen LogP contribution in [0.4, 0.5) is 0 Å². The molecule has 114 valence electrons. The van der Waals surface area contributed by atoms with Crippen molar-refractivity contribution in [3.63, 3.8) is 0 Å². The van der Waals surface area contributed by atoms with Crippen molar-refractivity contribution < 1.29 is 0 Å². The molecule has 0 saturated carbocycles. The molecule has 21 heavy (non-hydrogen) atoms. The van der Waals surface area contributed by atoms with Crippen molar-refractivity contribution in [1.82, 2.24) is 15.1 Å². The van der Waals surface area contributed by atoms with Crippen LogP contribution in [0.5, 0.6) is 0 Å². The number of benzene rings is 1. The molecule has 0 aliphatic rings. The highest BCUT2D eigenvalue weighted by Crippen LogP contribution is 2.25. The van der Waals surface area contributed by atoms with Gasteiger partial charge in [0.1, 0.15) is 0 Å². The Kier molecular flexibility index (Phi) is 5.72. The topological polar surface area (TPSA) is 29.9 Å². The summed E-state index contributed by atoms with van der Waals surface area (Å²) in [6.45, 7) is 2.00. The maximum absolute atomic E-state index is 6.08. The molecule has 2 rings (SSSR count). The van der Waals surface area contributed by atoms with E-state index in [1.165, 1.54) is 11.3 Å². The first-order chi connectivity index (χ1) is 9.92. The van der Waals surface area contributed by atoms with Gasteiger partial charge in [-0.25, -0.2) is 0 Å². The van der Waals surface area contributed by atoms with E-state index in [9.17, 15) is 0 Å². The first-order valence-corrected chi connectivity index (χ1v) is 8.26. The fraction of sp³-hybridized carbons (Fsp3) is 0.400. The van der Waals surface area contributed by atoms with E-state index in [0.29, 0.717) is 16.1 Å². The Morgan fingerprint density at radius 2 is 2.00 bits per heavy atom. The summed E-state index contributed by atoms with van der Waals surface area (Å²) >= 11 is 15.7. The first-order valence-electron chi connectivity index (χ1n) is 6.71. The van der Waals surface area contributed by atoms with E-state index < -0.39 is 0 Å². The molecule has 0 amide bonds. The number of nitrogens with one attached hydrogen (secondary N) is 1. The van der Waals surface area contributed by atoms with Crippen LogP contribution in [0.1, 0.15) is 17.0 Å². The molecule has 2 aromatic rings. The molecule has 0 aliphatic heterocycles. The smallest absolute Gasteiger partial charge is 0.0738 e. The highest BCUT2D eigenvalue weighted by Gasteiger charge is 2.16. The van der Waals surface area contributed by atoms with Gasteiger partial charge in [-0.15, -0.1) is 0 Å². The third kappa shape index (κ3) is 4.01. The van der Waals surface area contributed by atoms with Crippen molar-refractivity contribution in [3.8, 4) is 0 Å². The summed E-state index contributed by atoms with van der Waals surface area (Å²) in [5, 5.41) is 8.98. The van der Waals surface area contributed by atoms with E-state index in [-0.39, 0.29) is 0 Å². The Morgan fingerprint density at radius 3 is 2.52 bits per heavy atom. The van der Waals surface area contributed by atoms with E-state index in [1.54, 1.807) is 0 Å². The number of halogens is 3. The molecule has 1 heterocycles. The number of rotatable bonds is 5. The molecule has 0 spiro atoms. The standard InChI is InChI=1S/C15H18BrCl2N3/c1-9-15(16)14(21(3)20-9)8-11(19-2)6-10-4-5-12(17)13(18)7-10/h4-5,7,11,19H,6,8H2,1-3H3. The quantitative estimate of drug-likeness (QED) is 0.830. The van der Waals surface area contributed by atoms with Gasteiger partial charge in [0.05, 0.1) is 25.9 Å². The summed E-state index contributed by atoms with van der Waals surface area (Å²) in [7, 11) is 3.94. The molecular formula is C15H18BrCl2N3. The van der Waals surface area contributed by atoms with Crippen LogP contribution in [0.3, 0.4) is 0 Å². The minimum Gasteiger partial charge on any atom is -0.316 e. The maximum atomic E-state index is 6.08. The summed E-state index contributed by atoms with van der Waals surface area (Å²) in [4.78, 5) is 0. The molecular weight excluding hydrogens is 373 g/mol. The van der Waals surface area contributed by atoms with Gasteiger partial charge in [-0.1, -0.05) is 29.3 Å². The normalized spacial score (nSPS) is 12.7. The van der Waals surface area contributed by atoms with Crippen LogP contribution in [0.25, 0.3) is 0 Å². The van der Waals surface area contributed by atoms with E-state index in [1.807, 2.05) is 43.9 Å². The third-order valence-electron chi connectivity index (χ3n) is 3.58. The predicted octanol–water partition coefficient (Wildman–Crippen LogP) is 4.17. The highest BCUT2D eigenvalue weighted by atomic mass is 79.9. The van der Waals surface area contributed by atoms with Crippen molar-refractivity contribution in [1.29, 1.82) is 0 Å². The third-order valence-corrected chi connectivity index (χ3v) is 5.35. The summed E-state index contributed by atoms with van der Waals surface area (Å²) in [5.74, 6) is 0. The molecule has 0 bridgehead atoms. The molecule has 6 heteroatoms. The number of hydrogen-bond acceptors (Lipinski definition) is 2. The number of hydrogen-bond donors (Lipinski definition) is 1. The Balaban J connectivity index is 2.14. The van der Waals surface area contributed by atoms with Crippen molar-refractivity contribution in [3.05, 3.63) is 49.7 Å². The number of aryl methyl sites for hydroxylation is 2. The van der Waals surface area contributed by atoms with Gasteiger partial charge in [-0.3, -0.25) is 4.68 Å². The summed E-state index contributed by atoms with van der Waals surface area (Å²) < 4.78 is 3.01. The zero-order valence-electron chi connectivity index (χ0n) is 12.3. The fourth-order valence-corrected chi connectivity index (χ4v) is 3.18. The number of nitrogens with zero attached hydrogens (tertiary/aromatic N) is 2. The fourth-order valence-electron chi connectivity index (χ4n) is 2.36. The lowest BCUT2D eigenvalue weighted by Gasteiger charge is -2.17. The first kappa shape index (κ1) is 16.8. The van der Waals surface area contributed by atoms with Gasteiger partial charge in [-0.05, 0) is 54.0 Å². The summed E-state index contributed by atoms with van der Waals surface area (Å²) in [6.07, 6.45) is 1.76. The molecule has 0 radical (unpaired) electrons. The molecule has 1 atom stereocenters. The van der Waals surface area contributed by atoms with Crippen LogP contribution in [0.2, 0.25) is 10.0 Å². The van der Waals surface area contributed by atoms with E-state index in [4.69, 9.17) is 23.2 Å². The SMILES string of the molecule is CNC(Cc1ccc(Cl)c(Cl)c1)Cc1c(Br)c(C)nn1C. The van der Waals surface area contributed by atoms with Gasteiger partial charge in [0, 0.05) is 19.5 Å². The molecule has 0 saturated heterocycles. The second-order valence-corrected chi connectivity index (χ2v) is 6.72. The van der Waals surface area contributed by atoms with Crippen LogP contribution >= 0.6 is 39.1 Å². The van der Waals surface area contributed by atoms with Crippen LogP contribution in [0, 0.1) is 6.92 Å². The second-order valence-electron chi connectivity index (χ2n) is 5.11. The Labute approximate surface area is 143 Å². The molecule has 3 nitrogen and oxygen atoms in total. The van der Waals surface area contributed by atoms with Crippen molar-refractivity contribution in [2.24, 2.45) is 7.05 Å². The predicted molar refractivity (Wildman–Crippen MR) is 92.4 cm³/mol. The zero-order chi connectivity index (χ0) is 15.6. The Hall–Kier alpha value is -0.550. The van der Waals surface area contributed by atoms with Gasteiger partial charge < -0.3 is 5.32 Å². The number of aromatic nitrogens is 2. The Morgan fingerprint density at radius 1 is 1.29 bits per heavy atom. The van der Waals surface area contributed by atoms with Crippen molar-refractivity contribution in [2.45, 2.75) is 25.8 Å². The van der Waals surface area contributed by atoms with E-state index in [0.717, 1.165) is 23.0 Å². The van der Waals surface area contributed by atoms with Gasteiger partial charge in [0.15, 0.2) is 0 Å².